The van der Waals surface area contributed by atoms with Gasteiger partial charge >= 0.3 is 0 Å². The number of ether oxygens (including phenoxy) is 2. The molecule has 0 bridgehead atoms. The van der Waals surface area contributed by atoms with Crippen LogP contribution in [-0.2, 0) is 9.47 Å². The van der Waals surface area contributed by atoms with Crippen LogP contribution in [0.1, 0.15) is 6.42 Å². The molecule has 1 fully saturated rings. The average Bonchev–Trinajstić information content (AvgIpc) is 2.19. The maximum atomic E-state index is 5.64. The molecule has 2 N–H and O–H groups in total. The lowest BCUT2D eigenvalue weighted by atomic mass is 10.2. The molecule has 1 saturated heterocycles. The summed E-state index contributed by atoms with van der Waals surface area (Å²) in [6.45, 7) is 5.21. The molecule has 13 heavy (non-hydrogen) atoms. The zero-order valence-electron chi connectivity index (χ0n) is 8.37. The smallest absolute Gasteiger partial charge is 0.0634 e. The Kier molecular flexibility index (Phi) is 5.31. The van der Waals surface area contributed by atoms with E-state index in [9.17, 15) is 0 Å². The predicted molar refractivity (Wildman–Crippen MR) is 51.7 cm³/mol. The molecule has 0 aromatic rings. The van der Waals surface area contributed by atoms with Crippen molar-refractivity contribution in [3.05, 3.63) is 0 Å². The van der Waals surface area contributed by atoms with Gasteiger partial charge in [0, 0.05) is 39.4 Å². The summed E-state index contributed by atoms with van der Waals surface area (Å²) < 4.78 is 10.4. The highest BCUT2D eigenvalue weighted by Gasteiger charge is 2.20. The van der Waals surface area contributed by atoms with Crippen LogP contribution in [0.2, 0.25) is 0 Å². The van der Waals surface area contributed by atoms with Gasteiger partial charge in [-0.2, -0.15) is 0 Å². The second-order valence-corrected chi connectivity index (χ2v) is 3.35. The minimum absolute atomic E-state index is 0.408. The first kappa shape index (κ1) is 10.9. The molecule has 4 heteroatoms. The van der Waals surface area contributed by atoms with Gasteiger partial charge in [-0.1, -0.05) is 0 Å². The van der Waals surface area contributed by atoms with Gasteiger partial charge in [-0.25, -0.2) is 0 Å². The number of nitrogens with two attached hydrogens (primary N) is 1. The van der Waals surface area contributed by atoms with Crippen molar-refractivity contribution < 1.29 is 9.47 Å². The van der Waals surface area contributed by atoms with Gasteiger partial charge in [-0.3, -0.25) is 4.90 Å². The Bertz CT molecular complexity index is 133. The van der Waals surface area contributed by atoms with Crippen LogP contribution in [-0.4, -0.2) is 57.5 Å². The van der Waals surface area contributed by atoms with Gasteiger partial charge in [0.2, 0.25) is 0 Å². The number of methoxy groups -OCH3 is 1. The van der Waals surface area contributed by atoms with Crippen molar-refractivity contribution in [1.29, 1.82) is 0 Å². The summed E-state index contributed by atoms with van der Waals surface area (Å²) in [6, 6.07) is 0.408. The molecule has 1 unspecified atom stereocenters. The first-order valence-corrected chi connectivity index (χ1v) is 4.89. The van der Waals surface area contributed by atoms with Crippen molar-refractivity contribution >= 4 is 0 Å². The molecular formula is C9H20N2O2. The zero-order valence-corrected chi connectivity index (χ0v) is 8.37. The summed E-state index contributed by atoms with van der Waals surface area (Å²) in [6.07, 6.45) is 1.08. The average molecular weight is 188 g/mol. The maximum absolute atomic E-state index is 5.64. The zero-order chi connectivity index (χ0) is 9.52. The van der Waals surface area contributed by atoms with Crippen molar-refractivity contribution in [2.75, 3.05) is 46.6 Å². The van der Waals surface area contributed by atoms with E-state index in [1.165, 1.54) is 0 Å². The molecule has 1 heterocycles. The third kappa shape index (κ3) is 3.60. The number of nitrogens with zero attached hydrogens (tertiary/aromatic N) is 1. The van der Waals surface area contributed by atoms with Crippen molar-refractivity contribution in [2.24, 2.45) is 5.73 Å². The highest BCUT2D eigenvalue weighted by atomic mass is 16.5. The first-order valence-electron chi connectivity index (χ1n) is 4.89. The van der Waals surface area contributed by atoms with Crippen molar-refractivity contribution in [3.63, 3.8) is 0 Å². The Morgan fingerprint density at radius 1 is 1.62 bits per heavy atom. The van der Waals surface area contributed by atoms with Crippen molar-refractivity contribution in [2.45, 2.75) is 12.5 Å². The van der Waals surface area contributed by atoms with Gasteiger partial charge < -0.3 is 15.2 Å². The summed E-state index contributed by atoms with van der Waals surface area (Å²) in [7, 11) is 1.74. The highest BCUT2D eigenvalue weighted by Crippen LogP contribution is 2.05. The van der Waals surface area contributed by atoms with Gasteiger partial charge in [0.15, 0.2) is 0 Å². The molecule has 1 aliphatic rings. The number of hydrogen-bond donors (Lipinski definition) is 1. The molecule has 78 valence electrons. The van der Waals surface area contributed by atoms with Crippen LogP contribution >= 0.6 is 0 Å². The highest BCUT2D eigenvalue weighted by molar-refractivity contribution is 4.75. The summed E-state index contributed by atoms with van der Waals surface area (Å²) in [4.78, 5) is 2.39. The molecule has 0 saturated carbocycles. The standard InChI is InChI=1S/C9H20N2O2/c1-12-5-2-3-11-4-6-13-8-9(11)7-10/h9H,2-8,10H2,1H3. The van der Waals surface area contributed by atoms with Crippen LogP contribution in [0.5, 0.6) is 0 Å². The monoisotopic (exact) mass is 188 g/mol. The fraction of sp³-hybridized carbons (Fsp3) is 1.00. The molecule has 0 aromatic heterocycles. The second kappa shape index (κ2) is 6.32. The molecule has 0 amide bonds. The molecule has 0 aromatic carbocycles. The van der Waals surface area contributed by atoms with Crippen molar-refractivity contribution in [3.8, 4) is 0 Å². The molecule has 4 nitrogen and oxygen atoms in total. The van der Waals surface area contributed by atoms with Gasteiger partial charge in [-0.15, -0.1) is 0 Å². The largest absolute Gasteiger partial charge is 0.385 e. The van der Waals surface area contributed by atoms with Crippen LogP contribution in [0.25, 0.3) is 0 Å². The first-order chi connectivity index (χ1) is 6.38. The Balaban J connectivity index is 2.19. The van der Waals surface area contributed by atoms with Crippen LogP contribution in [0.3, 0.4) is 0 Å². The van der Waals surface area contributed by atoms with Gasteiger partial charge in [0.25, 0.3) is 0 Å². The molecule has 1 rings (SSSR count). The Morgan fingerprint density at radius 3 is 3.15 bits per heavy atom. The predicted octanol–water partition coefficient (Wildman–Crippen LogP) is -0.318. The van der Waals surface area contributed by atoms with E-state index in [1.807, 2.05) is 0 Å². The third-order valence-electron chi connectivity index (χ3n) is 2.42. The Labute approximate surface area is 80.0 Å². The van der Waals surface area contributed by atoms with Crippen molar-refractivity contribution in [1.82, 2.24) is 4.90 Å². The SMILES string of the molecule is COCCCN1CCOCC1CN. The summed E-state index contributed by atoms with van der Waals surface area (Å²) in [5.74, 6) is 0. The number of hydrogen-bond acceptors (Lipinski definition) is 4. The summed E-state index contributed by atoms with van der Waals surface area (Å²) in [5, 5.41) is 0. The second-order valence-electron chi connectivity index (χ2n) is 3.35. The Morgan fingerprint density at radius 2 is 2.46 bits per heavy atom. The maximum Gasteiger partial charge on any atom is 0.0634 e. The van der Waals surface area contributed by atoms with E-state index in [0.717, 1.165) is 39.3 Å². The van der Waals surface area contributed by atoms with Crippen LogP contribution < -0.4 is 5.73 Å². The molecule has 0 aliphatic carbocycles. The molecule has 1 atom stereocenters. The van der Waals surface area contributed by atoms with E-state index in [-0.39, 0.29) is 0 Å². The molecule has 0 radical (unpaired) electrons. The van der Waals surface area contributed by atoms with Crippen LogP contribution in [0, 0.1) is 0 Å². The van der Waals surface area contributed by atoms with Crippen LogP contribution in [0.15, 0.2) is 0 Å². The van der Waals surface area contributed by atoms with Gasteiger partial charge in [0.1, 0.15) is 0 Å². The summed E-state index contributed by atoms with van der Waals surface area (Å²) in [5.41, 5.74) is 5.64. The topological polar surface area (TPSA) is 47.7 Å². The summed E-state index contributed by atoms with van der Waals surface area (Å²) >= 11 is 0. The molecular weight excluding hydrogens is 168 g/mol. The normalized spacial score (nSPS) is 24.9. The Hall–Kier alpha value is -0.160. The van der Waals surface area contributed by atoms with E-state index in [0.29, 0.717) is 12.6 Å². The third-order valence-corrected chi connectivity index (χ3v) is 2.42. The lowest BCUT2D eigenvalue weighted by molar-refractivity contribution is -0.00674. The lowest BCUT2D eigenvalue weighted by Gasteiger charge is -2.34. The van der Waals surface area contributed by atoms with E-state index < -0.39 is 0 Å². The molecule has 0 spiro atoms. The quantitative estimate of drug-likeness (QED) is 0.601. The fourth-order valence-corrected chi connectivity index (χ4v) is 1.61. The fourth-order valence-electron chi connectivity index (χ4n) is 1.61. The molecule has 1 aliphatic heterocycles. The van der Waals surface area contributed by atoms with E-state index >= 15 is 0 Å². The van der Waals surface area contributed by atoms with Crippen LogP contribution in [0.4, 0.5) is 0 Å². The van der Waals surface area contributed by atoms with Gasteiger partial charge in [0.05, 0.1) is 13.2 Å². The minimum Gasteiger partial charge on any atom is -0.385 e. The number of morpholine rings is 1. The van der Waals surface area contributed by atoms with E-state index in [2.05, 4.69) is 4.90 Å². The lowest BCUT2D eigenvalue weighted by Crippen LogP contribution is -2.49. The number of rotatable bonds is 5. The van der Waals surface area contributed by atoms with Gasteiger partial charge in [-0.05, 0) is 6.42 Å². The minimum atomic E-state index is 0.408. The van der Waals surface area contributed by atoms with E-state index in [4.69, 9.17) is 15.2 Å². The van der Waals surface area contributed by atoms with E-state index in [1.54, 1.807) is 7.11 Å².